The summed E-state index contributed by atoms with van der Waals surface area (Å²) in [6.07, 6.45) is 2.55. The summed E-state index contributed by atoms with van der Waals surface area (Å²) in [5.41, 5.74) is 3.44. The van der Waals surface area contributed by atoms with Crippen LogP contribution in [0, 0.1) is 5.92 Å². The van der Waals surface area contributed by atoms with Crippen LogP contribution in [0.3, 0.4) is 0 Å². The van der Waals surface area contributed by atoms with E-state index in [2.05, 4.69) is 71.1 Å². The van der Waals surface area contributed by atoms with E-state index < -0.39 is 0 Å². The normalized spacial score (nSPS) is 18.1. The van der Waals surface area contributed by atoms with Crippen molar-refractivity contribution in [1.82, 2.24) is 5.32 Å². The third-order valence-corrected chi connectivity index (χ3v) is 4.94. The molecule has 1 aliphatic carbocycles. The third-order valence-electron chi connectivity index (χ3n) is 4.94. The maximum absolute atomic E-state index is 3.73. The Morgan fingerprint density at radius 3 is 1.89 bits per heavy atom. The van der Waals surface area contributed by atoms with Crippen molar-refractivity contribution in [2.75, 3.05) is 0 Å². The largest absolute Gasteiger partial charge is 0.305 e. The highest BCUT2D eigenvalue weighted by atomic mass is 15.0. The Kier molecular flexibility index (Phi) is 3.79. The van der Waals surface area contributed by atoms with Gasteiger partial charge in [-0.15, -0.1) is 0 Å². The lowest BCUT2D eigenvalue weighted by Crippen LogP contribution is -2.34. The van der Waals surface area contributed by atoms with Gasteiger partial charge in [0.1, 0.15) is 0 Å². The van der Waals surface area contributed by atoms with Crippen LogP contribution in [-0.4, -0.2) is 6.04 Å². The van der Waals surface area contributed by atoms with Crippen molar-refractivity contribution >= 4 is 0 Å². The zero-order valence-electron chi connectivity index (χ0n) is 13.4. The van der Waals surface area contributed by atoms with Gasteiger partial charge in [-0.2, -0.15) is 0 Å². The molecule has 1 nitrogen and oxygen atoms in total. The molecule has 19 heavy (non-hydrogen) atoms. The van der Waals surface area contributed by atoms with Gasteiger partial charge in [0.05, 0.1) is 0 Å². The summed E-state index contributed by atoms with van der Waals surface area (Å²) in [4.78, 5) is 0. The molecule has 1 heteroatoms. The summed E-state index contributed by atoms with van der Waals surface area (Å²) < 4.78 is 0. The monoisotopic (exact) mass is 259 g/mol. The minimum absolute atomic E-state index is 0.251. The van der Waals surface area contributed by atoms with Crippen molar-refractivity contribution in [2.45, 2.75) is 71.4 Å². The van der Waals surface area contributed by atoms with E-state index in [0.717, 1.165) is 0 Å². The maximum Gasteiger partial charge on any atom is 0.0438 e. The molecule has 1 saturated carbocycles. The van der Waals surface area contributed by atoms with Crippen molar-refractivity contribution in [2.24, 2.45) is 5.92 Å². The highest BCUT2D eigenvalue weighted by Crippen LogP contribution is 2.46. The summed E-state index contributed by atoms with van der Waals surface area (Å²) in [5, 5.41) is 3.73. The first kappa shape index (κ1) is 14.6. The fraction of sp³-hybridized carbons (Fsp3) is 0.667. The third kappa shape index (κ3) is 2.86. The fourth-order valence-corrected chi connectivity index (χ4v) is 2.75. The molecule has 0 spiro atoms. The number of hydrogen-bond acceptors (Lipinski definition) is 1. The fourth-order valence-electron chi connectivity index (χ4n) is 2.75. The molecule has 1 aromatic carbocycles. The number of benzene rings is 1. The molecule has 1 aromatic rings. The molecular formula is C18H29N. The van der Waals surface area contributed by atoms with E-state index in [-0.39, 0.29) is 11.0 Å². The van der Waals surface area contributed by atoms with Gasteiger partial charge < -0.3 is 5.32 Å². The lowest BCUT2D eigenvalue weighted by atomic mass is 9.75. The Morgan fingerprint density at radius 2 is 1.53 bits per heavy atom. The average Bonchev–Trinajstić information content (AvgIpc) is 3.09. The quantitative estimate of drug-likeness (QED) is 0.814. The van der Waals surface area contributed by atoms with Crippen LogP contribution < -0.4 is 5.32 Å². The van der Waals surface area contributed by atoms with Crippen LogP contribution in [0.2, 0.25) is 0 Å². The second-order valence-corrected chi connectivity index (χ2v) is 7.33. The minimum atomic E-state index is 0.251. The molecule has 106 valence electrons. The summed E-state index contributed by atoms with van der Waals surface area (Å²) in [6.45, 7) is 13.7. The molecule has 0 aliphatic heterocycles. The molecule has 0 radical (unpaired) electrons. The molecule has 0 amide bonds. The van der Waals surface area contributed by atoms with E-state index in [1.54, 1.807) is 0 Å². The Labute approximate surface area is 118 Å². The summed E-state index contributed by atoms with van der Waals surface area (Å²) in [6, 6.07) is 9.88. The van der Waals surface area contributed by atoms with E-state index in [1.165, 1.54) is 24.0 Å². The van der Waals surface area contributed by atoms with Gasteiger partial charge in [0, 0.05) is 11.6 Å². The van der Waals surface area contributed by atoms with Gasteiger partial charge in [-0.05, 0) is 35.3 Å². The second-order valence-electron chi connectivity index (χ2n) is 7.33. The van der Waals surface area contributed by atoms with Crippen LogP contribution in [0.5, 0.6) is 0 Å². The van der Waals surface area contributed by atoms with Crippen LogP contribution in [0.25, 0.3) is 0 Å². The highest BCUT2D eigenvalue weighted by molar-refractivity contribution is 5.35. The average molecular weight is 259 g/mol. The standard InChI is InChI=1S/C18H29N/c1-13(2)17(5,6)15-7-9-16(10-8-15)18(11-12-18)19-14(3)4/h7-10,13-14,19H,11-12H2,1-6H3. The summed E-state index contributed by atoms with van der Waals surface area (Å²) >= 11 is 0. The Balaban J connectivity index is 2.20. The smallest absolute Gasteiger partial charge is 0.0438 e. The maximum atomic E-state index is 3.73. The molecule has 0 bridgehead atoms. The van der Waals surface area contributed by atoms with Crippen molar-refractivity contribution < 1.29 is 0 Å². The van der Waals surface area contributed by atoms with Crippen molar-refractivity contribution in [3.63, 3.8) is 0 Å². The van der Waals surface area contributed by atoms with E-state index in [0.29, 0.717) is 12.0 Å². The van der Waals surface area contributed by atoms with Gasteiger partial charge in [0.25, 0.3) is 0 Å². The number of hydrogen-bond donors (Lipinski definition) is 1. The predicted octanol–water partition coefficient (Wildman–Crippen LogP) is 4.61. The lowest BCUT2D eigenvalue weighted by molar-refractivity contribution is 0.372. The molecule has 0 heterocycles. The zero-order valence-corrected chi connectivity index (χ0v) is 13.4. The molecule has 0 saturated heterocycles. The Hall–Kier alpha value is -0.820. The Morgan fingerprint density at radius 1 is 1.00 bits per heavy atom. The van der Waals surface area contributed by atoms with Crippen LogP contribution in [-0.2, 0) is 11.0 Å². The van der Waals surface area contributed by atoms with E-state index in [9.17, 15) is 0 Å². The van der Waals surface area contributed by atoms with Gasteiger partial charge in [0.15, 0.2) is 0 Å². The number of rotatable bonds is 5. The first-order chi connectivity index (χ1) is 8.78. The SMILES string of the molecule is CC(C)NC1(c2ccc(C(C)(C)C(C)C)cc2)CC1. The van der Waals surface area contributed by atoms with Crippen molar-refractivity contribution in [3.8, 4) is 0 Å². The van der Waals surface area contributed by atoms with Gasteiger partial charge in [-0.3, -0.25) is 0 Å². The summed E-state index contributed by atoms with van der Waals surface area (Å²) in [5.74, 6) is 0.655. The lowest BCUT2D eigenvalue weighted by Gasteiger charge is -2.30. The minimum Gasteiger partial charge on any atom is -0.305 e. The molecule has 1 fully saturated rings. The van der Waals surface area contributed by atoms with E-state index in [4.69, 9.17) is 0 Å². The topological polar surface area (TPSA) is 12.0 Å². The van der Waals surface area contributed by atoms with Crippen LogP contribution >= 0.6 is 0 Å². The van der Waals surface area contributed by atoms with Crippen molar-refractivity contribution in [1.29, 1.82) is 0 Å². The first-order valence-corrected chi connectivity index (χ1v) is 7.67. The van der Waals surface area contributed by atoms with Crippen LogP contribution in [0.15, 0.2) is 24.3 Å². The molecular weight excluding hydrogens is 230 g/mol. The van der Waals surface area contributed by atoms with Gasteiger partial charge in [-0.25, -0.2) is 0 Å². The summed E-state index contributed by atoms with van der Waals surface area (Å²) in [7, 11) is 0. The zero-order chi connectivity index (χ0) is 14.3. The van der Waals surface area contributed by atoms with E-state index >= 15 is 0 Å². The van der Waals surface area contributed by atoms with Gasteiger partial charge in [-0.1, -0.05) is 65.8 Å². The van der Waals surface area contributed by atoms with Gasteiger partial charge in [0.2, 0.25) is 0 Å². The second kappa shape index (κ2) is 4.94. The van der Waals surface area contributed by atoms with Crippen LogP contribution in [0.1, 0.15) is 65.5 Å². The molecule has 0 aromatic heterocycles. The molecule has 2 rings (SSSR count). The molecule has 1 N–H and O–H groups in total. The highest BCUT2D eigenvalue weighted by Gasteiger charge is 2.44. The first-order valence-electron chi connectivity index (χ1n) is 7.67. The Bertz CT molecular complexity index is 422. The predicted molar refractivity (Wildman–Crippen MR) is 83.5 cm³/mol. The molecule has 1 aliphatic rings. The van der Waals surface area contributed by atoms with Crippen LogP contribution in [0.4, 0.5) is 0 Å². The molecule has 0 unspecified atom stereocenters. The van der Waals surface area contributed by atoms with E-state index in [1.807, 2.05) is 0 Å². The number of nitrogens with one attached hydrogen (secondary N) is 1. The molecule has 0 atom stereocenters. The van der Waals surface area contributed by atoms with Gasteiger partial charge >= 0.3 is 0 Å². The van der Waals surface area contributed by atoms with Crippen molar-refractivity contribution in [3.05, 3.63) is 35.4 Å².